The first-order valence-electron chi connectivity index (χ1n) is 5.14. The third-order valence-corrected chi connectivity index (χ3v) is 4.12. The maximum Gasteiger partial charge on any atom is 0.390 e. The molecule has 1 N–H and O–H groups in total. The lowest BCUT2D eigenvalue weighted by atomic mass is 10.1. The minimum absolute atomic E-state index is 0.0382. The highest BCUT2D eigenvalue weighted by Crippen LogP contribution is 2.23. The first kappa shape index (κ1) is 15.7. The van der Waals surface area contributed by atoms with Gasteiger partial charge >= 0.3 is 6.18 Å². The van der Waals surface area contributed by atoms with E-state index < -0.39 is 28.5 Å². The third-order valence-electron chi connectivity index (χ3n) is 2.33. The summed E-state index contributed by atoms with van der Waals surface area (Å²) in [5.41, 5.74) is 0. The molecule has 0 fully saturated rings. The number of alkyl halides is 3. The van der Waals surface area contributed by atoms with E-state index >= 15 is 0 Å². The standard InChI is InChI=1S/C9H18F3NO2S/c1-3-16(14,15)6-4-5-8(13-2)7-9(10,11)12/h8,13H,3-7H2,1-2H3. The Morgan fingerprint density at radius 2 is 1.88 bits per heavy atom. The fourth-order valence-electron chi connectivity index (χ4n) is 1.32. The van der Waals surface area contributed by atoms with Crippen molar-refractivity contribution in [3.8, 4) is 0 Å². The lowest BCUT2D eigenvalue weighted by molar-refractivity contribution is -0.140. The second-order valence-corrected chi connectivity index (χ2v) is 6.16. The van der Waals surface area contributed by atoms with Crippen molar-refractivity contribution in [1.82, 2.24) is 5.32 Å². The number of nitrogens with one attached hydrogen (secondary N) is 1. The molecule has 0 aromatic rings. The Morgan fingerprint density at radius 3 is 2.25 bits per heavy atom. The highest BCUT2D eigenvalue weighted by Gasteiger charge is 2.31. The Morgan fingerprint density at radius 1 is 1.31 bits per heavy atom. The summed E-state index contributed by atoms with van der Waals surface area (Å²) in [6.07, 6.45) is -4.65. The van der Waals surface area contributed by atoms with Crippen LogP contribution in [0.15, 0.2) is 0 Å². The topological polar surface area (TPSA) is 46.2 Å². The largest absolute Gasteiger partial charge is 0.390 e. The van der Waals surface area contributed by atoms with Crippen LogP contribution in [-0.2, 0) is 9.84 Å². The van der Waals surface area contributed by atoms with Crippen LogP contribution in [0.1, 0.15) is 26.2 Å². The average Bonchev–Trinajstić information content (AvgIpc) is 2.14. The number of rotatable bonds is 7. The van der Waals surface area contributed by atoms with Gasteiger partial charge in [0.15, 0.2) is 0 Å². The van der Waals surface area contributed by atoms with Crippen LogP contribution in [0.5, 0.6) is 0 Å². The van der Waals surface area contributed by atoms with Crippen molar-refractivity contribution in [3.05, 3.63) is 0 Å². The summed E-state index contributed by atoms with van der Waals surface area (Å²) in [7, 11) is -1.63. The molecule has 0 radical (unpaired) electrons. The van der Waals surface area contributed by atoms with E-state index in [4.69, 9.17) is 0 Å². The number of hydrogen-bond donors (Lipinski definition) is 1. The van der Waals surface area contributed by atoms with Crippen LogP contribution in [0.4, 0.5) is 13.2 Å². The quantitative estimate of drug-likeness (QED) is 0.759. The molecule has 0 saturated carbocycles. The van der Waals surface area contributed by atoms with Gasteiger partial charge in [0.1, 0.15) is 9.84 Å². The predicted octanol–water partition coefficient (Wildman–Crippen LogP) is 1.74. The second-order valence-electron chi connectivity index (χ2n) is 3.68. The summed E-state index contributed by atoms with van der Waals surface area (Å²) in [5, 5.41) is 2.55. The lowest BCUT2D eigenvalue weighted by Gasteiger charge is -2.17. The highest BCUT2D eigenvalue weighted by atomic mass is 32.2. The van der Waals surface area contributed by atoms with Gasteiger partial charge in [-0.15, -0.1) is 0 Å². The summed E-state index contributed by atoms with van der Waals surface area (Å²) < 4.78 is 58.4. The van der Waals surface area contributed by atoms with Crippen molar-refractivity contribution in [3.63, 3.8) is 0 Å². The van der Waals surface area contributed by atoms with Crippen molar-refractivity contribution in [2.45, 2.75) is 38.4 Å². The summed E-state index contributed by atoms with van der Waals surface area (Å²) in [6.45, 7) is 1.53. The number of hydrogen-bond acceptors (Lipinski definition) is 3. The van der Waals surface area contributed by atoms with E-state index in [0.717, 1.165) is 0 Å². The summed E-state index contributed by atoms with van der Waals surface area (Å²) in [6, 6.07) is -0.702. The van der Waals surface area contributed by atoms with Crippen LogP contribution in [0, 0.1) is 0 Å². The van der Waals surface area contributed by atoms with E-state index in [9.17, 15) is 21.6 Å². The molecule has 3 nitrogen and oxygen atoms in total. The van der Waals surface area contributed by atoms with Crippen LogP contribution < -0.4 is 5.32 Å². The van der Waals surface area contributed by atoms with E-state index in [1.54, 1.807) is 0 Å². The lowest BCUT2D eigenvalue weighted by Crippen LogP contribution is -2.31. The van der Waals surface area contributed by atoms with Crippen molar-refractivity contribution in [1.29, 1.82) is 0 Å². The molecule has 98 valence electrons. The Balaban J connectivity index is 3.98. The molecule has 1 unspecified atom stereocenters. The molecular weight excluding hydrogens is 243 g/mol. The van der Waals surface area contributed by atoms with Gasteiger partial charge in [-0.3, -0.25) is 0 Å². The van der Waals surface area contributed by atoms with E-state index in [1.165, 1.54) is 14.0 Å². The molecule has 0 saturated heterocycles. The van der Waals surface area contributed by atoms with Gasteiger partial charge in [-0.25, -0.2) is 8.42 Å². The van der Waals surface area contributed by atoms with E-state index in [2.05, 4.69) is 5.32 Å². The molecule has 0 spiro atoms. The summed E-state index contributed by atoms with van der Waals surface area (Å²) in [5.74, 6) is -0.00394. The molecule has 0 amide bonds. The smallest absolute Gasteiger partial charge is 0.317 e. The maximum absolute atomic E-state index is 12.1. The molecule has 0 heterocycles. The van der Waals surface area contributed by atoms with Gasteiger partial charge in [0.05, 0.1) is 12.2 Å². The van der Waals surface area contributed by atoms with Crippen molar-refractivity contribution < 1.29 is 21.6 Å². The van der Waals surface area contributed by atoms with E-state index in [-0.39, 0.29) is 24.3 Å². The Labute approximate surface area is 94.3 Å². The van der Waals surface area contributed by atoms with Gasteiger partial charge in [0, 0.05) is 11.8 Å². The number of sulfone groups is 1. The van der Waals surface area contributed by atoms with Gasteiger partial charge in [-0.1, -0.05) is 6.92 Å². The molecule has 0 bridgehead atoms. The van der Waals surface area contributed by atoms with Crippen LogP contribution >= 0.6 is 0 Å². The van der Waals surface area contributed by atoms with Gasteiger partial charge < -0.3 is 5.32 Å². The molecular formula is C9H18F3NO2S. The zero-order chi connectivity index (χ0) is 12.8. The Bertz CT molecular complexity index is 288. The minimum Gasteiger partial charge on any atom is -0.317 e. The summed E-state index contributed by atoms with van der Waals surface area (Å²) in [4.78, 5) is 0. The minimum atomic E-state index is -4.21. The maximum atomic E-state index is 12.1. The van der Waals surface area contributed by atoms with Crippen molar-refractivity contribution in [2.75, 3.05) is 18.6 Å². The second kappa shape index (κ2) is 6.44. The van der Waals surface area contributed by atoms with Gasteiger partial charge in [0.25, 0.3) is 0 Å². The first-order valence-corrected chi connectivity index (χ1v) is 6.96. The predicted molar refractivity (Wildman–Crippen MR) is 57.1 cm³/mol. The highest BCUT2D eigenvalue weighted by molar-refractivity contribution is 7.91. The zero-order valence-electron chi connectivity index (χ0n) is 9.47. The van der Waals surface area contributed by atoms with Gasteiger partial charge in [-0.05, 0) is 19.9 Å². The molecule has 0 aliphatic carbocycles. The Hall–Kier alpha value is -0.300. The SMILES string of the molecule is CCS(=O)(=O)CCCC(CC(F)(F)F)NC. The van der Waals surface area contributed by atoms with Crippen LogP contribution in [0.3, 0.4) is 0 Å². The van der Waals surface area contributed by atoms with Gasteiger partial charge in [0.2, 0.25) is 0 Å². The monoisotopic (exact) mass is 261 g/mol. The van der Waals surface area contributed by atoms with Crippen LogP contribution in [0.2, 0.25) is 0 Å². The molecule has 0 rings (SSSR count). The fourth-order valence-corrected chi connectivity index (χ4v) is 2.22. The average molecular weight is 261 g/mol. The molecule has 0 aliphatic heterocycles. The first-order chi connectivity index (χ1) is 7.20. The van der Waals surface area contributed by atoms with Crippen molar-refractivity contribution in [2.24, 2.45) is 0 Å². The van der Waals surface area contributed by atoms with E-state index in [0.29, 0.717) is 0 Å². The fraction of sp³-hybridized carbons (Fsp3) is 1.00. The normalized spacial score (nSPS) is 15.1. The molecule has 1 atom stereocenters. The molecule has 0 aliphatic rings. The van der Waals surface area contributed by atoms with Crippen molar-refractivity contribution >= 4 is 9.84 Å². The van der Waals surface area contributed by atoms with E-state index in [1.807, 2.05) is 0 Å². The molecule has 0 aromatic heterocycles. The summed E-state index contributed by atoms with van der Waals surface area (Å²) >= 11 is 0. The molecule has 16 heavy (non-hydrogen) atoms. The van der Waals surface area contributed by atoms with Crippen LogP contribution in [0.25, 0.3) is 0 Å². The molecule has 7 heteroatoms. The third kappa shape index (κ3) is 7.92. The van der Waals surface area contributed by atoms with Crippen LogP contribution in [-0.4, -0.2) is 39.2 Å². The molecule has 0 aromatic carbocycles. The zero-order valence-corrected chi connectivity index (χ0v) is 10.3. The Kier molecular flexibility index (Phi) is 6.32. The number of halogens is 3. The van der Waals surface area contributed by atoms with Gasteiger partial charge in [-0.2, -0.15) is 13.2 Å².